The Morgan fingerprint density at radius 3 is 3.07 bits per heavy atom. The Bertz CT molecular complexity index is 362. The second-order valence-electron chi connectivity index (χ2n) is 3.13. The average molecular weight is 274 g/mol. The fourth-order valence-corrected chi connectivity index (χ4v) is 1.17. The molecular formula is C9H12BrN3O2. The van der Waals surface area contributed by atoms with Crippen molar-refractivity contribution >= 4 is 21.8 Å². The molecular weight excluding hydrogens is 262 g/mol. The summed E-state index contributed by atoms with van der Waals surface area (Å²) in [6.45, 7) is 5.90. The van der Waals surface area contributed by atoms with Gasteiger partial charge in [0.15, 0.2) is 0 Å². The van der Waals surface area contributed by atoms with Crippen LogP contribution in [0.5, 0.6) is 0 Å². The number of nitrogens with zero attached hydrogens (tertiary/aromatic N) is 2. The van der Waals surface area contributed by atoms with Crippen LogP contribution in [-0.2, 0) is 16.2 Å². The second-order valence-corrected chi connectivity index (χ2v) is 4.04. The van der Waals surface area contributed by atoms with Gasteiger partial charge in [0.1, 0.15) is 6.54 Å². The van der Waals surface area contributed by atoms with Gasteiger partial charge < -0.3 is 0 Å². The van der Waals surface area contributed by atoms with Crippen LogP contribution in [0.2, 0.25) is 0 Å². The largest absolute Gasteiger partial charge is 0.271 e. The first kappa shape index (κ1) is 11.9. The summed E-state index contributed by atoms with van der Waals surface area (Å²) in [5, 5.41) is 3.93. The van der Waals surface area contributed by atoms with Crippen molar-refractivity contribution < 1.29 is 9.63 Å². The minimum atomic E-state index is -0.258. The van der Waals surface area contributed by atoms with Gasteiger partial charge in [-0.3, -0.25) is 14.3 Å². The number of amides is 1. The molecule has 82 valence electrons. The monoisotopic (exact) mass is 273 g/mol. The van der Waals surface area contributed by atoms with Gasteiger partial charge in [0, 0.05) is 6.20 Å². The van der Waals surface area contributed by atoms with Crippen molar-refractivity contribution in [1.82, 2.24) is 15.3 Å². The quantitative estimate of drug-likeness (QED) is 0.649. The van der Waals surface area contributed by atoms with Crippen molar-refractivity contribution in [2.75, 3.05) is 6.61 Å². The molecule has 1 aromatic rings. The van der Waals surface area contributed by atoms with Crippen molar-refractivity contribution in [3.05, 3.63) is 29.0 Å². The van der Waals surface area contributed by atoms with Gasteiger partial charge in [0.2, 0.25) is 0 Å². The number of hydroxylamine groups is 1. The van der Waals surface area contributed by atoms with Crippen LogP contribution < -0.4 is 5.48 Å². The normalized spacial score (nSPS) is 10.0. The number of aromatic nitrogens is 2. The Morgan fingerprint density at radius 1 is 1.80 bits per heavy atom. The van der Waals surface area contributed by atoms with E-state index in [-0.39, 0.29) is 12.5 Å². The lowest BCUT2D eigenvalue weighted by molar-refractivity contribution is -0.133. The molecule has 0 radical (unpaired) electrons. The Hall–Kier alpha value is -1.14. The molecule has 15 heavy (non-hydrogen) atoms. The van der Waals surface area contributed by atoms with E-state index < -0.39 is 0 Å². The highest BCUT2D eigenvalue weighted by molar-refractivity contribution is 9.10. The number of rotatable bonds is 5. The zero-order valence-corrected chi connectivity index (χ0v) is 9.95. The zero-order valence-electron chi connectivity index (χ0n) is 8.36. The summed E-state index contributed by atoms with van der Waals surface area (Å²) in [6.07, 6.45) is 3.32. The van der Waals surface area contributed by atoms with Gasteiger partial charge in [-0.25, -0.2) is 5.48 Å². The summed E-state index contributed by atoms with van der Waals surface area (Å²) >= 11 is 3.24. The van der Waals surface area contributed by atoms with Crippen molar-refractivity contribution in [2.45, 2.75) is 13.5 Å². The SMILES string of the molecule is C=C(C)CONC(=O)Cn1cc(Br)cn1. The van der Waals surface area contributed by atoms with Crippen molar-refractivity contribution in [3.63, 3.8) is 0 Å². The summed E-state index contributed by atoms with van der Waals surface area (Å²) in [6, 6.07) is 0. The van der Waals surface area contributed by atoms with E-state index in [0.717, 1.165) is 10.0 Å². The standard InChI is InChI=1S/C9H12BrN3O2/c1-7(2)6-15-12-9(14)5-13-4-8(10)3-11-13/h3-4H,1,5-6H2,2H3,(H,12,14). The van der Waals surface area contributed by atoms with Crippen molar-refractivity contribution in [3.8, 4) is 0 Å². The van der Waals surface area contributed by atoms with E-state index in [0.29, 0.717) is 6.61 Å². The fourth-order valence-electron chi connectivity index (χ4n) is 0.844. The van der Waals surface area contributed by atoms with E-state index in [1.807, 2.05) is 6.92 Å². The topological polar surface area (TPSA) is 56.1 Å². The molecule has 0 fully saturated rings. The summed E-state index contributed by atoms with van der Waals surface area (Å²) < 4.78 is 2.34. The second kappa shape index (κ2) is 5.67. The number of nitrogens with one attached hydrogen (secondary N) is 1. The fraction of sp³-hybridized carbons (Fsp3) is 0.333. The van der Waals surface area contributed by atoms with Crippen LogP contribution in [0.25, 0.3) is 0 Å². The molecule has 0 saturated carbocycles. The van der Waals surface area contributed by atoms with Crippen molar-refractivity contribution in [2.24, 2.45) is 0 Å². The van der Waals surface area contributed by atoms with Crippen molar-refractivity contribution in [1.29, 1.82) is 0 Å². The first-order valence-corrected chi connectivity index (χ1v) is 5.10. The molecule has 0 bridgehead atoms. The molecule has 0 spiro atoms. The third kappa shape index (κ3) is 4.75. The maximum Gasteiger partial charge on any atom is 0.265 e. The third-order valence-electron chi connectivity index (χ3n) is 1.41. The van der Waals surface area contributed by atoms with Gasteiger partial charge in [-0.1, -0.05) is 12.2 Å². The van der Waals surface area contributed by atoms with Gasteiger partial charge in [-0.05, 0) is 22.9 Å². The molecule has 0 aliphatic rings. The van der Waals surface area contributed by atoms with Crippen LogP contribution in [0.4, 0.5) is 0 Å². The molecule has 1 rings (SSSR count). The molecule has 1 heterocycles. The van der Waals surface area contributed by atoms with Crippen LogP contribution in [0.1, 0.15) is 6.92 Å². The molecule has 0 atom stereocenters. The Labute approximate surface area is 96.2 Å². The predicted molar refractivity (Wildman–Crippen MR) is 58.8 cm³/mol. The highest BCUT2D eigenvalue weighted by Gasteiger charge is 2.03. The smallest absolute Gasteiger partial charge is 0.265 e. The van der Waals surface area contributed by atoms with E-state index in [9.17, 15) is 4.79 Å². The van der Waals surface area contributed by atoms with E-state index in [4.69, 9.17) is 4.84 Å². The average Bonchev–Trinajstić information content (AvgIpc) is 2.50. The molecule has 0 aliphatic carbocycles. The van der Waals surface area contributed by atoms with Crippen LogP contribution >= 0.6 is 15.9 Å². The summed E-state index contributed by atoms with van der Waals surface area (Å²) in [5.74, 6) is -0.258. The Morgan fingerprint density at radius 2 is 2.53 bits per heavy atom. The third-order valence-corrected chi connectivity index (χ3v) is 1.82. The van der Waals surface area contributed by atoms with Crippen LogP contribution in [0.15, 0.2) is 29.0 Å². The van der Waals surface area contributed by atoms with E-state index in [2.05, 4.69) is 33.1 Å². The number of halogens is 1. The summed E-state index contributed by atoms with van der Waals surface area (Å²) in [4.78, 5) is 16.1. The Balaban J connectivity index is 2.27. The van der Waals surface area contributed by atoms with Crippen LogP contribution in [0, 0.1) is 0 Å². The van der Waals surface area contributed by atoms with Gasteiger partial charge in [0.05, 0.1) is 17.3 Å². The molecule has 1 N–H and O–H groups in total. The van der Waals surface area contributed by atoms with E-state index in [1.165, 1.54) is 4.68 Å². The minimum Gasteiger partial charge on any atom is -0.271 e. The molecule has 5 nitrogen and oxygen atoms in total. The molecule has 0 saturated heterocycles. The Kier molecular flexibility index (Phi) is 4.51. The summed E-state index contributed by atoms with van der Waals surface area (Å²) in [5.41, 5.74) is 3.14. The van der Waals surface area contributed by atoms with E-state index >= 15 is 0 Å². The van der Waals surface area contributed by atoms with Gasteiger partial charge in [-0.15, -0.1) is 0 Å². The first-order chi connectivity index (χ1) is 7.08. The molecule has 1 amide bonds. The lowest BCUT2D eigenvalue weighted by atomic mass is 10.4. The van der Waals surface area contributed by atoms with Crippen LogP contribution in [-0.4, -0.2) is 22.3 Å². The van der Waals surface area contributed by atoms with E-state index in [1.54, 1.807) is 12.4 Å². The van der Waals surface area contributed by atoms with Gasteiger partial charge in [0.25, 0.3) is 5.91 Å². The molecule has 0 unspecified atom stereocenters. The number of carbonyl (C=O) groups excluding carboxylic acids is 1. The maximum atomic E-state index is 11.3. The van der Waals surface area contributed by atoms with Gasteiger partial charge >= 0.3 is 0 Å². The maximum absolute atomic E-state index is 11.3. The molecule has 1 aromatic heterocycles. The highest BCUT2D eigenvalue weighted by Crippen LogP contribution is 2.05. The molecule has 0 aromatic carbocycles. The summed E-state index contributed by atoms with van der Waals surface area (Å²) in [7, 11) is 0. The number of hydrogen-bond donors (Lipinski definition) is 1. The number of hydrogen-bond acceptors (Lipinski definition) is 3. The van der Waals surface area contributed by atoms with Gasteiger partial charge in [-0.2, -0.15) is 5.10 Å². The lowest BCUT2D eigenvalue weighted by Crippen LogP contribution is -2.28. The van der Waals surface area contributed by atoms with Crippen LogP contribution in [0.3, 0.4) is 0 Å². The first-order valence-electron chi connectivity index (χ1n) is 4.31. The zero-order chi connectivity index (χ0) is 11.3. The lowest BCUT2D eigenvalue weighted by Gasteiger charge is -2.05. The minimum absolute atomic E-state index is 0.127. The highest BCUT2D eigenvalue weighted by atomic mass is 79.9. The molecule has 6 heteroatoms. The number of carbonyl (C=O) groups is 1. The predicted octanol–water partition coefficient (Wildman–Crippen LogP) is 1.27. The molecule has 0 aliphatic heterocycles.